The van der Waals surface area contributed by atoms with Gasteiger partial charge in [-0.3, -0.25) is 4.79 Å². The van der Waals surface area contributed by atoms with Gasteiger partial charge >= 0.3 is 5.97 Å². The topological polar surface area (TPSA) is 26.3 Å². The second-order valence-electron chi connectivity index (χ2n) is 9.27. The highest BCUT2D eigenvalue weighted by atomic mass is 16.5. The van der Waals surface area contributed by atoms with Crippen molar-refractivity contribution in [1.29, 1.82) is 0 Å². The lowest BCUT2D eigenvalue weighted by molar-refractivity contribution is -0.153. The molecule has 0 saturated heterocycles. The van der Waals surface area contributed by atoms with Gasteiger partial charge in [-0.1, -0.05) is 46.0 Å². The Kier molecular flexibility index (Phi) is 7.25. The van der Waals surface area contributed by atoms with Crippen molar-refractivity contribution in [1.82, 2.24) is 0 Å². The van der Waals surface area contributed by atoms with Gasteiger partial charge in [0.15, 0.2) is 0 Å². The number of rotatable bonds is 7. The van der Waals surface area contributed by atoms with E-state index in [1.807, 2.05) is 0 Å². The van der Waals surface area contributed by atoms with Gasteiger partial charge in [-0.15, -0.1) is 0 Å². The summed E-state index contributed by atoms with van der Waals surface area (Å²) in [4.78, 5) is 12.0. The van der Waals surface area contributed by atoms with Crippen LogP contribution in [0.25, 0.3) is 0 Å². The van der Waals surface area contributed by atoms with Crippen LogP contribution in [0.3, 0.4) is 0 Å². The molecule has 0 bridgehead atoms. The smallest absolute Gasteiger partial charge is 0.306 e. The maximum absolute atomic E-state index is 12.0. The lowest BCUT2D eigenvalue weighted by Crippen LogP contribution is -2.43. The first-order valence-corrected chi connectivity index (χ1v) is 11.4. The van der Waals surface area contributed by atoms with Crippen molar-refractivity contribution in [3.05, 3.63) is 0 Å². The van der Waals surface area contributed by atoms with E-state index in [0.717, 1.165) is 55.3 Å². The third kappa shape index (κ3) is 5.01. The normalized spacial score (nSPS) is 37.8. The molecule has 4 unspecified atom stereocenters. The lowest BCUT2D eigenvalue weighted by Gasteiger charge is -2.50. The van der Waals surface area contributed by atoms with Crippen LogP contribution in [0.5, 0.6) is 0 Å². The van der Waals surface area contributed by atoms with Crippen molar-refractivity contribution in [2.45, 2.75) is 110 Å². The summed E-state index contributed by atoms with van der Waals surface area (Å²) in [6.45, 7) is 4.52. The Bertz CT molecular complexity index is 418. The zero-order valence-corrected chi connectivity index (χ0v) is 16.7. The van der Waals surface area contributed by atoms with Crippen LogP contribution in [-0.4, -0.2) is 12.1 Å². The minimum Gasteiger partial charge on any atom is -0.462 e. The van der Waals surface area contributed by atoms with Crippen molar-refractivity contribution in [2.24, 2.45) is 29.6 Å². The summed E-state index contributed by atoms with van der Waals surface area (Å²) in [6.07, 6.45) is 17.9. The first kappa shape index (κ1) is 19.2. The molecule has 0 aliphatic heterocycles. The number of unbranched alkanes of at least 4 members (excludes halogenated alkanes) is 2. The van der Waals surface area contributed by atoms with E-state index in [1.165, 1.54) is 57.8 Å². The molecule has 3 rings (SSSR count). The summed E-state index contributed by atoms with van der Waals surface area (Å²) in [7, 11) is 0. The van der Waals surface area contributed by atoms with Crippen LogP contribution in [0.1, 0.15) is 104 Å². The van der Waals surface area contributed by atoms with Crippen LogP contribution in [0, 0.1) is 29.6 Å². The minimum absolute atomic E-state index is 0.0608. The molecular formula is C23H40O2. The largest absolute Gasteiger partial charge is 0.462 e. The number of hydrogen-bond donors (Lipinski definition) is 0. The summed E-state index contributed by atoms with van der Waals surface area (Å²) < 4.78 is 5.83. The van der Waals surface area contributed by atoms with Gasteiger partial charge in [0.05, 0.1) is 0 Å². The van der Waals surface area contributed by atoms with Gasteiger partial charge in [0, 0.05) is 6.42 Å². The van der Waals surface area contributed by atoms with Gasteiger partial charge < -0.3 is 4.74 Å². The van der Waals surface area contributed by atoms with Crippen molar-refractivity contribution < 1.29 is 9.53 Å². The van der Waals surface area contributed by atoms with Crippen molar-refractivity contribution in [3.8, 4) is 0 Å². The number of ether oxygens (including phenoxy) is 1. The molecule has 3 aliphatic rings. The monoisotopic (exact) mass is 348 g/mol. The van der Waals surface area contributed by atoms with Gasteiger partial charge in [-0.2, -0.15) is 0 Å². The summed E-state index contributed by atoms with van der Waals surface area (Å²) >= 11 is 0. The Morgan fingerprint density at radius 3 is 2.28 bits per heavy atom. The molecule has 144 valence electrons. The fraction of sp³-hybridized carbons (Fsp3) is 0.957. The van der Waals surface area contributed by atoms with Crippen molar-refractivity contribution in [2.75, 3.05) is 0 Å². The van der Waals surface area contributed by atoms with Crippen LogP contribution < -0.4 is 0 Å². The van der Waals surface area contributed by atoms with Gasteiger partial charge in [0.2, 0.25) is 0 Å². The molecule has 0 spiro atoms. The predicted molar refractivity (Wildman–Crippen MR) is 103 cm³/mol. The highest BCUT2D eigenvalue weighted by Gasteiger charge is 2.44. The Labute approximate surface area is 155 Å². The number of esters is 1. The van der Waals surface area contributed by atoms with Gasteiger partial charge in [-0.25, -0.2) is 0 Å². The van der Waals surface area contributed by atoms with E-state index in [1.54, 1.807) is 0 Å². The molecule has 0 heterocycles. The zero-order valence-electron chi connectivity index (χ0n) is 16.7. The van der Waals surface area contributed by atoms with Crippen molar-refractivity contribution >= 4 is 5.97 Å². The van der Waals surface area contributed by atoms with Crippen LogP contribution in [0.15, 0.2) is 0 Å². The van der Waals surface area contributed by atoms with Gasteiger partial charge in [0.25, 0.3) is 0 Å². The molecule has 2 nitrogen and oxygen atoms in total. The highest BCUT2D eigenvalue weighted by molar-refractivity contribution is 5.69. The molecule has 3 aliphatic carbocycles. The zero-order chi connectivity index (χ0) is 17.6. The van der Waals surface area contributed by atoms with Crippen LogP contribution >= 0.6 is 0 Å². The Morgan fingerprint density at radius 1 is 0.840 bits per heavy atom. The van der Waals surface area contributed by atoms with Crippen molar-refractivity contribution in [3.63, 3.8) is 0 Å². The van der Waals surface area contributed by atoms with Crippen LogP contribution in [0.2, 0.25) is 0 Å². The molecule has 3 fully saturated rings. The second-order valence-corrected chi connectivity index (χ2v) is 9.27. The molecule has 25 heavy (non-hydrogen) atoms. The Morgan fingerprint density at radius 2 is 1.56 bits per heavy atom. The average molecular weight is 349 g/mol. The van der Waals surface area contributed by atoms with E-state index in [9.17, 15) is 4.79 Å². The van der Waals surface area contributed by atoms with Gasteiger partial charge in [-0.05, 0) is 81.0 Å². The van der Waals surface area contributed by atoms with Crippen LogP contribution in [-0.2, 0) is 9.53 Å². The third-order valence-electron chi connectivity index (χ3n) is 7.58. The maximum atomic E-state index is 12.0. The quantitative estimate of drug-likeness (QED) is 0.386. The van der Waals surface area contributed by atoms with Gasteiger partial charge in [0.1, 0.15) is 6.10 Å². The number of fused-ring (bicyclic) bond motifs is 3. The number of carbonyl (C=O) groups excluding carboxylic acids is 1. The van der Waals surface area contributed by atoms with Crippen LogP contribution in [0.4, 0.5) is 0 Å². The van der Waals surface area contributed by atoms with E-state index in [0.29, 0.717) is 6.42 Å². The Hall–Kier alpha value is -0.530. The molecule has 0 aromatic carbocycles. The van der Waals surface area contributed by atoms with E-state index in [2.05, 4.69) is 13.8 Å². The standard InChI is InChI=1S/C23H40O2/c1-3-5-6-8-23(24)25-20-12-14-22-19(16-20)11-10-18-15-17(7-4-2)9-13-21(18)22/h17-22H,3-16H2,1-2H3/t17-,18?,19?,20-,21?,22?/m1/s1. The highest BCUT2D eigenvalue weighted by Crippen LogP contribution is 2.53. The average Bonchev–Trinajstić information content (AvgIpc) is 2.62. The SMILES string of the molecule is CCCCCC(=O)O[C@@H]1CCC2C(CCC3C[C@H](CCC)CCC32)C1. The fourth-order valence-electron chi connectivity index (χ4n) is 6.39. The van der Waals surface area contributed by atoms with E-state index in [4.69, 9.17) is 4.74 Å². The minimum atomic E-state index is 0.0608. The summed E-state index contributed by atoms with van der Waals surface area (Å²) in [6, 6.07) is 0. The second kappa shape index (κ2) is 9.42. The first-order valence-electron chi connectivity index (χ1n) is 11.4. The molecule has 3 saturated carbocycles. The molecular weight excluding hydrogens is 308 g/mol. The molecule has 6 atom stereocenters. The summed E-state index contributed by atoms with van der Waals surface area (Å²) in [5.41, 5.74) is 0. The molecule has 0 aromatic rings. The molecule has 0 amide bonds. The number of carbonyl (C=O) groups is 1. The maximum Gasteiger partial charge on any atom is 0.306 e. The molecule has 0 radical (unpaired) electrons. The molecule has 0 N–H and O–H groups in total. The predicted octanol–water partition coefficient (Wildman–Crippen LogP) is 6.52. The van der Waals surface area contributed by atoms with E-state index >= 15 is 0 Å². The fourth-order valence-corrected chi connectivity index (χ4v) is 6.39. The lowest BCUT2D eigenvalue weighted by atomic mass is 9.56. The molecule has 2 heteroatoms. The Balaban J connectivity index is 1.46. The summed E-state index contributed by atoms with van der Waals surface area (Å²) in [5, 5.41) is 0. The molecule has 0 aromatic heterocycles. The van der Waals surface area contributed by atoms with E-state index < -0.39 is 0 Å². The third-order valence-corrected chi connectivity index (χ3v) is 7.58. The van der Waals surface area contributed by atoms with E-state index in [-0.39, 0.29) is 12.1 Å². The first-order chi connectivity index (χ1) is 12.2. The number of hydrogen-bond acceptors (Lipinski definition) is 2. The summed E-state index contributed by atoms with van der Waals surface area (Å²) in [5.74, 6) is 4.86.